The van der Waals surface area contributed by atoms with E-state index in [4.69, 9.17) is 5.26 Å². The summed E-state index contributed by atoms with van der Waals surface area (Å²) in [5.41, 5.74) is 0.318. The average Bonchev–Trinajstić information content (AvgIpc) is 3.40. The van der Waals surface area contributed by atoms with Gasteiger partial charge >= 0.3 is 6.18 Å². The van der Waals surface area contributed by atoms with Crippen molar-refractivity contribution in [1.82, 2.24) is 9.88 Å². The number of fused-ring (bicyclic) bond motifs is 1. The number of nitrogens with zero attached hydrogens (tertiary/aromatic N) is 4. The SMILES string of the molecule is N#Cc1ccc(N2C[C@@H]3CCN(C(=O)c4cscn4)C[C@]3(CO)C2)cc1C(F)(F)F. The van der Waals surface area contributed by atoms with Crippen LogP contribution in [0, 0.1) is 22.7 Å². The molecule has 0 bridgehead atoms. The Bertz CT molecular complexity index is 989. The molecule has 2 saturated heterocycles. The van der Waals surface area contributed by atoms with Crippen molar-refractivity contribution in [3.05, 3.63) is 45.9 Å². The molecular weight excluding hydrogens is 417 g/mol. The van der Waals surface area contributed by atoms with Crippen LogP contribution < -0.4 is 4.90 Å². The Balaban J connectivity index is 1.59. The van der Waals surface area contributed by atoms with Crippen molar-refractivity contribution >= 4 is 22.9 Å². The van der Waals surface area contributed by atoms with Crippen molar-refractivity contribution < 1.29 is 23.1 Å². The van der Waals surface area contributed by atoms with Gasteiger partial charge in [0.05, 0.1) is 29.3 Å². The van der Waals surface area contributed by atoms with Crippen LogP contribution in [0.3, 0.4) is 0 Å². The van der Waals surface area contributed by atoms with Crippen molar-refractivity contribution in [1.29, 1.82) is 5.26 Å². The number of carbonyl (C=O) groups excluding carboxylic acids is 1. The number of carbonyl (C=O) groups is 1. The normalized spacial score (nSPS) is 23.9. The molecule has 10 heteroatoms. The zero-order valence-electron chi connectivity index (χ0n) is 15.9. The van der Waals surface area contributed by atoms with Crippen LogP contribution in [0.5, 0.6) is 0 Å². The fraction of sp³-hybridized carbons (Fsp3) is 0.450. The van der Waals surface area contributed by atoms with Gasteiger partial charge in [-0.1, -0.05) is 0 Å². The average molecular weight is 436 g/mol. The Kier molecular flexibility index (Phi) is 5.20. The van der Waals surface area contributed by atoms with E-state index in [0.29, 0.717) is 44.0 Å². The highest BCUT2D eigenvalue weighted by Gasteiger charge is 2.50. The molecule has 2 aliphatic rings. The van der Waals surface area contributed by atoms with Gasteiger partial charge in [0.2, 0.25) is 0 Å². The number of nitriles is 1. The standard InChI is InChI=1S/C20H19F3N4O2S/c21-20(22,23)16-5-15(2-1-13(16)6-24)27-7-14-3-4-26(9-19(14,10-27)11-28)18(29)17-8-30-12-25-17/h1-2,5,8,12,14,28H,3-4,7,9-11H2/t14-,19+/m0/s1. The Morgan fingerprint density at radius 3 is 2.83 bits per heavy atom. The number of benzene rings is 1. The number of anilines is 1. The summed E-state index contributed by atoms with van der Waals surface area (Å²) in [6, 6.07) is 5.28. The van der Waals surface area contributed by atoms with E-state index in [1.807, 2.05) is 4.90 Å². The molecule has 2 aliphatic heterocycles. The number of aliphatic hydroxyl groups excluding tert-OH is 1. The second kappa shape index (κ2) is 7.56. The number of rotatable bonds is 3. The molecule has 6 nitrogen and oxygen atoms in total. The molecule has 158 valence electrons. The molecule has 1 aromatic carbocycles. The van der Waals surface area contributed by atoms with Crippen LogP contribution in [-0.4, -0.2) is 53.7 Å². The van der Waals surface area contributed by atoms with Crippen molar-refractivity contribution in [2.24, 2.45) is 11.3 Å². The minimum atomic E-state index is -4.63. The zero-order chi connectivity index (χ0) is 21.5. The Labute approximate surface area is 175 Å². The van der Waals surface area contributed by atoms with Gasteiger partial charge in [0, 0.05) is 42.7 Å². The van der Waals surface area contributed by atoms with Crippen molar-refractivity contribution in [3.8, 4) is 6.07 Å². The number of likely N-dealkylation sites (tertiary alicyclic amines) is 1. The summed E-state index contributed by atoms with van der Waals surface area (Å²) >= 11 is 1.33. The molecule has 2 fully saturated rings. The van der Waals surface area contributed by atoms with E-state index >= 15 is 0 Å². The first kappa shape index (κ1) is 20.6. The number of thiazole rings is 1. The molecule has 4 rings (SSSR count). The van der Waals surface area contributed by atoms with Gasteiger partial charge in [-0.3, -0.25) is 4.79 Å². The van der Waals surface area contributed by atoms with Gasteiger partial charge in [0.1, 0.15) is 5.69 Å². The van der Waals surface area contributed by atoms with Gasteiger partial charge < -0.3 is 14.9 Å². The third-order valence-electron chi connectivity index (χ3n) is 6.11. The highest BCUT2D eigenvalue weighted by molar-refractivity contribution is 7.07. The summed E-state index contributed by atoms with van der Waals surface area (Å²) < 4.78 is 40.1. The predicted octanol–water partition coefficient (Wildman–Crippen LogP) is 2.99. The molecule has 0 spiro atoms. The lowest BCUT2D eigenvalue weighted by molar-refractivity contribution is -0.137. The van der Waals surface area contributed by atoms with E-state index < -0.39 is 22.7 Å². The lowest BCUT2D eigenvalue weighted by atomic mass is 9.74. The second-order valence-corrected chi connectivity index (χ2v) is 8.55. The highest BCUT2D eigenvalue weighted by atomic mass is 32.1. The maximum atomic E-state index is 13.4. The Morgan fingerprint density at radius 1 is 1.40 bits per heavy atom. The first-order valence-corrected chi connectivity index (χ1v) is 10.4. The molecule has 3 heterocycles. The van der Waals surface area contributed by atoms with Gasteiger partial charge in [-0.25, -0.2) is 4.98 Å². The van der Waals surface area contributed by atoms with Crippen LogP contribution in [0.25, 0.3) is 0 Å². The largest absolute Gasteiger partial charge is 0.417 e. The zero-order valence-corrected chi connectivity index (χ0v) is 16.7. The number of amides is 1. The first-order valence-electron chi connectivity index (χ1n) is 9.42. The van der Waals surface area contributed by atoms with E-state index in [9.17, 15) is 23.1 Å². The summed E-state index contributed by atoms with van der Waals surface area (Å²) in [5.74, 6) is -0.148. The molecule has 30 heavy (non-hydrogen) atoms. The lowest BCUT2D eigenvalue weighted by Crippen LogP contribution is -2.52. The van der Waals surface area contributed by atoms with E-state index in [1.54, 1.807) is 21.9 Å². The van der Waals surface area contributed by atoms with Crippen molar-refractivity contribution in [2.75, 3.05) is 37.7 Å². The molecule has 1 aromatic heterocycles. The van der Waals surface area contributed by atoms with Gasteiger partial charge in [-0.15, -0.1) is 11.3 Å². The molecule has 2 aromatic rings. The monoisotopic (exact) mass is 436 g/mol. The molecular formula is C20H19F3N4O2S. The quantitative estimate of drug-likeness (QED) is 0.800. The van der Waals surface area contributed by atoms with Gasteiger partial charge in [0.25, 0.3) is 5.91 Å². The minimum absolute atomic E-state index is 0.0481. The number of aromatic nitrogens is 1. The molecule has 0 unspecified atom stereocenters. The van der Waals surface area contributed by atoms with Crippen LogP contribution in [0.15, 0.2) is 29.1 Å². The fourth-order valence-electron chi connectivity index (χ4n) is 4.52. The van der Waals surface area contributed by atoms with Gasteiger partial charge in [0.15, 0.2) is 0 Å². The van der Waals surface area contributed by atoms with Crippen LogP contribution in [0.4, 0.5) is 18.9 Å². The highest BCUT2D eigenvalue weighted by Crippen LogP contribution is 2.44. The number of alkyl halides is 3. The van der Waals surface area contributed by atoms with Crippen LogP contribution in [0.1, 0.15) is 28.0 Å². The number of piperidine rings is 1. The van der Waals surface area contributed by atoms with Crippen LogP contribution in [0.2, 0.25) is 0 Å². The molecule has 2 atom stereocenters. The first-order chi connectivity index (χ1) is 14.3. The summed E-state index contributed by atoms with van der Waals surface area (Å²) in [4.78, 5) is 20.2. The van der Waals surface area contributed by atoms with E-state index in [1.165, 1.54) is 23.5 Å². The smallest absolute Gasteiger partial charge is 0.396 e. The predicted molar refractivity (Wildman–Crippen MR) is 104 cm³/mol. The number of hydrogen-bond acceptors (Lipinski definition) is 6. The maximum Gasteiger partial charge on any atom is 0.417 e. The summed E-state index contributed by atoms with van der Waals surface area (Å²) in [6.07, 6.45) is -3.98. The van der Waals surface area contributed by atoms with Gasteiger partial charge in [-0.2, -0.15) is 18.4 Å². The van der Waals surface area contributed by atoms with Gasteiger partial charge in [-0.05, 0) is 30.5 Å². The number of hydrogen-bond donors (Lipinski definition) is 1. The Hall–Kier alpha value is -2.64. The molecule has 0 radical (unpaired) electrons. The second-order valence-electron chi connectivity index (χ2n) is 7.83. The van der Waals surface area contributed by atoms with Crippen LogP contribution >= 0.6 is 11.3 Å². The lowest BCUT2D eigenvalue weighted by Gasteiger charge is -2.42. The summed E-state index contributed by atoms with van der Waals surface area (Å²) in [5, 5.41) is 20.9. The van der Waals surface area contributed by atoms with Crippen molar-refractivity contribution in [2.45, 2.75) is 12.6 Å². The fourth-order valence-corrected chi connectivity index (χ4v) is 5.05. The molecule has 0 aliphatic carbocycles. The third kappa shape index (κ3) is 3.52. The van der Waals surface area contributed by atoms with Crippen LogP contribution in [-0.2, 0) is 6.18 Å². The summed E-state index contributed by atoms with van der Waals surface area (Å²) in [7, 11) is 0. The third-order valence-corrected chi connectivity index (χ3v) is 6.70. The van der Waals surface area contributed by atoms with E-state index in [0.717, 1.165) is 6.07 Å². The molecule has 1 N–H and O–H groups in total. The Morgan fingerprint density at radius 2 is 2.20 bits per heavy atom. The minimum Gasteiger partial charge on any atom is -0.396 e. The molecule has 1 amide bonds. The summed E-state index contributed by atoms with van der Waals surface area (Å²) in [6.45, 7) is 1.49. The van der Waals surface area contributed by atoms with Crippen molar-refractivity contribution in [3.63, 3.8) is 0 Å². The van der Waals surface area contributed by atoms with E-state index in [-0.39, 0.29) is 18.4 Å². The van der Waals surface area contributed by atoms with E-state index in [2.05, 4.69) is 4.98 Å². The number of halogens is 3. The topological polar surface area (TPSA) is 80.5 Å². The molecule has 0 saturated carbocycles. The maximum absolute atomic E-state index is 13.4. The number of aliphatic hydroxyl groups is 1.